The molecule has 25 heavy (non-hydrogen) atoms. The van der Waals surface area contributed by atoms with E-state index in [1.165, 1.54) is 31.2 Å². The number of nitro benzene ring substituents is 2. The van der Waals surface area contributed by atoms with E-state index in [1.54, 1.807) is 0 Å². The minimum atomic E-state index is -0.902. The largest absolute Gasteiger partial charge is 0.392 e. The number of Topliss-reactive ketones (excluding diaryl/α,β-unsaturated/α-hetero) is 1. The number of nitrogens with two attached hydrogens (primary N) is 1. The molecule has 0 heterocycles. The smallest absolute Gasteiger partial charge is 0.299 e. The maximum Gasteiger partial charge on any atom is 0.299 e. The van der Waals surface area contributed by atoms with Crippen molar-refractivity contribution in [2.45, 2.75) is 6.92 Å². The third-order valence-corrected chi connectivity index (χ3v) is 3.34. The van der Waals surface area contributed by atoms with Gasteiger partial charge in [0.25, 0.3) is 17.3 Å². The summed E-state index contributed by atoms with van der Waals surface area (Å²) in [5, 5.41) is 24.3. The summed E-state index contributed by atoms with van der Waals surface area (Å²) in [4.78, 5) is 43.6. The Morgan fingerprint density at radius 1 is 1.04 bits per heavy atom. The molecule has 0 fully saturated rings. The van der Waals surface area contributed by atoms with Crippen LogP contribution in [-0.2, 0) is 0 Å². The molecule has 10 nitrogen and oxygen atoms in total. The first-order chi connectivity index (χ1) is 11.7. The Hall–Kier alpha value is -3.82. The summed E-state index contributed by atoms with van der Waals surface area (Å²) >= 11 is 0. The molecule has 0 saturated carbocycles. The number of rotatable bonds is 5. The van der Waals surface area contributed by atoms with Gasteiger partial charge in [-0.25, -0.2) is 0 Å². The van der Waals surface area contributed by atoms with Crippen LogP contribution in [0.4, 0.5) is 22.7 Å². The SMILES string of the molecule is CC(=O)c1ccc(NC(=O)c2cc([N+](=O)[O-])cc([N+](=O)[O-])c2N)cc1. The van der Waals surface area contributed by atoms with E-state index in [-0.39, 0.29) is 5.78 Å². The standard InChI is InChI=1S/C15H12N4O6/c1-8(20)9-2-4-10(5-3-9)17-15(21)12-6-11(18(22)23)7-13(14(12)16)19(24)25/h2-7H,16H2,1H3,(H,17,21). The number of hydrogen-bond donors (Lipinski definition) is 2. The molecule has 0 aliphatic heterocycles. The molecule has 0 atom stereocenters. The van der Waals surface area contributed by atoms with Crippen LogP contribution in [0.2, 0.25) is 0 Å². The number of nitrogens with one attached hydrogen (secondary N) is 1. The van der Waals surface area contributed by atoms with E-state index in [1.807, 2.05) is 0 Å². The Kier molecular flexibility index (Phi) is 4.73. The second kappa shape index (κ2) is 6.74. The highest BCUT2D eigenvalue weighted by molar-refractivity contribution is 6.09. The summed E-state index contributed by atoms with van der Waals surface area (Å²) in [6.45, 7) is 1.39. The Morgan fingerprint density at radius 2 is 1.64 bits per heavy atom. The first-order valence-electron chi connectivity index (χ1n) is 6.85. The minimum Gasteiger partial charge on any atom is -0.392 e. The zero-order valence-corrected chi connectivity index (χ0v) is 12.9. The van der Waals surface area contributed by atoms with Gasteiger partial charge < -0.3 is 11.1 Å². The molecule has 0 aliphatic carbocycles. The molecule has 0 saturated heterocycles. The monoisotopic (exact) mass is 344 g/mol. The number of non-ortho nitro benzene ring substituents is 1. The van der Waals surface area contributed by atoms with Gasteiger partial charge in [-0.05, 0) is 31.2 Å². The maximum absolute atomic E-state index is 12.3. The van der Waals surface area contributed by atoms with Crippen LogP contribution in [0.3, 0.4) is 0 Å². The number of nitrogens with zero attached hydrogens (tertiary/aromatic N) is 2. The Bertz CT molecular complexity index is 892. The molecule has 1 amide bonds. The first kappa shape index (κ1) is 17.5. The van der Waals surface area contributed by atoms with E-state index < -0.39 is 38.4 Å². The zero-order chi connectivity index (χ0) is 18.7. The lowest BCUT2D eigenvalue weighted by Gasteiger charge is -2.08. The van der Waals surface area contributed by atoms with Crippen LogP contribution in [0.15, 0.2) is 36.4 Å². The van der Waals surface area contributed by atoms with E-state index in [0.29, 0.717) is 17.3 Å². The fourth-order valence-electron chi connectivity index (χ4n) is 2.05. The molecule has 0 radical (unpaired) electrons. The molecule has 128 valence electrons. The van der Waals surface area contributed by atoms with Gasteiger partial charge in [0.1, 0.15) is 5.69 Å². The van der Waals surface area contributed by atoms with E-state index >= 15 is 0 Å². The lowest BCUT2D eigenvalue weighted by Crippen LogP contribution is -2.15. The van der Waals surface area contributed by atoms with Crippen LogP contribution in [0.1, 0.15) is 27.6 Å². The van der Waals surface area contributed by atoms with Crippen molar-refractivity contribution in [3.05, 3.63) is 67.8 Å². The molecule has 2 rings (SSSR count). The molecule has 2 aromatic carbocycles. The highest BCUT2D eigenvalue weighted by Crippen LogP contribution is 2.31. The van der Waals surface area contributed by atoms with Crippen LogP contribution in [0.25, 0.3) is 0 Å². The van der Waals surface area contributed by atoms with Crippen LogP contribution >= 0.6 is 0 Å². The minimum absolute atomic E-state index is 0.156. The molecule has 2 aromatic rings. The average Bonchev–Trinajstić information content (AvgIpc) is 2.54. The highest BCUT2D eigenvalue weighted by atomic mass is 16.6. The van der Waals surface area contributed by atoms with Gasteiger partial charge in [0, 0.05) is 17.3 Å². The van der Waals surface area contributed by atoms with Crippen molar-refractivity contribution >= 4 is 34.4 Å². The average molecular weight is 344 g/mol. The van der Waals surface area contributed by atoms with E-state index in [2.05, 4.69) is 5.32 Å². The van der Waals surface area contributed by atoms with Gasteiger partial charge in [-0.1, -0.05) is 0 Å². The van der Waals surface area contributed by atoms with Gasteiger partial charge in [0.2, 0.25) is 0 Å². The quantitative estimate of drug-likeness (QED) is 0.365. The van der Waals surface area contributed by atoms with Crippen molar-refractivity contribution in [1.29, 1.82) is 0 Å². The van der Waals surface area contributed by atoms with Crippen molar-refractivity contribution in [3.8, 4) is 0 Å². The number of anilines is 2. The normalized spacial score (nSPS) is 10.1. The number of nitro groups is 2. The van der Waals surface area contributed by atoms with Crippen LogP contribution in [0, 0.1) is 20.2 Å². The molecule has 3 N–H and O–H groups in total. The Labute approximate surface area is 140 Å². The third kappa shape index (κ3) is 3.75. The van der Waals surface area contributed by atoms with Crippen molar-refractivity contribution in [2.75, 3.05) is 11.1 Å². The number of amides is 1. The molecule has 0 spiro atoms. The number of benzene rings is 2. The van der Waals surface area contributed by atoms with E-state index in [0.717, 1.165) is 6.07 Å². The van der Waals surface area contributed by atoms with Crippen LogP contribution in [0.5, 0.6) is 0 Å². The fourth-order valence-corrected chi connectivity index (χ4v) is 2.05. The molecule has 0 aliphatic rings. The predicted octanol–water partition coefficient (Wildman–Crippen LogP) is 2.54. The summed E-state index contributed by atoms with van der Waals surface area (Å²) in [6, 6.07) is 7.43. The molecular formula is C15H12N4O6. The topological polar surface area (TPSA) is 158 Å². The summed E-state index contributed by atoms with van der Waals surface area (Å²) in [7, 11) is 0. The number of ketones is 1. The van der Waals surface area contributed by atoms with E-state index in [4.69, 9.17) is 5.73 Å². The molecule has 10 heteroatoms. The van der Waals surface area contributed by atoms with E-state index in [9.17, 15) is 29.8 Å². The molecule has 0 bridgehead atoms. The van der Waals surface area contributed by atoms with Crippen LogP contribution in [-0.4, -0.2) is 21.5 Å². The summed E-state index contributed by atoms with van der Waals surface area (Å²) < 4.78 is 0. The van der Waals surface area contributed by atoms with Gasteiger partial charge in [-0.2, -0.15) is 0 Å². The van der Waals surface area contributed by atoms with Crippen molar-refractivity contribution in [2.24, 2.45) is 0 Å². The lowest BCUT2D eigenvalue weighted by atomic mass is 10.1. The number of hydrogen-bond acceptors (Lipinski definition) is 7. The van der Waals surface area contributed by atoms with Gasteiger partial charge in [0.05, 0.1) is 21.5 Å². The number of nitrogen functional groups attached to an aromatic ring is 1. The van der Waals surface area contributed by atoms with Gasteiger partial charge in [0.15, 0.2) is 5.78 Å². The van der Waals surface area contributed by atoms with Gasteiger partial charge >= 0.3 is 0 Å². The van der Waals surface area contributed by atoms with Crippen molar-refractivity contribution in [3.63, 3.8) is 0 Å². The zero-order valence-electron chi connectivity index (χ0n) is 12.9. The van der Waals surface area contributed by atoms with Crippen molar-refractivity contribution in [1.82, 2.24) is 0 Å². The number of carbonyl (C=O) groups excluding carboxylic acids is 2. The Morgan fingerprint density at radius 3 is 2.12 bits per heavy atom. The number of carbonyl (C=O) groups is 2. The summed E-state index contributed by atoms with van der Waals surface area (Å²) in [6.07, 6.45) is 0. The second-order valence-corrected chi connectivity index (χ2v) is 5.03. The Balaban J connectivity index is 2.39. The molecular weight excluding hydrogens is 332 g/mol. The van der Waals surface area contributed by atoms with Crippen molar-refractivity contribution < 1.29 is 19.4 Å². The van der Waals surface area contributed by atoms with Crippen LogP contribution < -0.4 is 11.1 Å². The summed E-state index contributed by atoms with van der Waals surface area (Å²) in [5.41, 5.74) is 4.10. The predicted molar refractivity (Wildman–Crippen MR) is 88.6 cm³/mol. The lowest BCUT2D eigenvalue weighted by molar-refractivity contribution is -0.393. The summed E-state index contributed by atoms with van der Waals surface area (Å²) in [5.74, 6) is -1.00. The van der Waals surface area contributed by atoms with Gasteiger partial charge in [-0.3, -0.25) is 29.8 Å². The van der Waals surface area contributed by atoms with Gasteiger partial charge in [-0.15, -0.1) is 0 Å². The first-order valence-corrected chi connectivity index (χ1v) is 6.85. The second-order valence-electron chi connectivity index (χ2n) is 5.03. The fraction of sp³-hybridized carbons (Fsp3) is 0.0667. The molecule has 0 unspecified atom stereocenters. The molecule has 0 aromatic heterocycles. The third-order valence-electron chi connectivity index (χ3n) is 3.34. The maximum atomic E-state index is 12.3. The highest BCUT2D eigenvalue weighted by Gasteiger charge is 2.25.